The van der Waals surface area contributed by atoms with Crippen molar-refractivity contribution < 1.29 is 23.7 Å². The van der Waals surface area contributed by atoms with Crippen molar-refractivity contribution in [2.75, 3.05) is 26.6 Å². The van der Waals surface area contributed by atoms with Crippen LogP contribution < -0.4 is 9.47 Å². The lowest BCUT2D eigenvalue weighted by molar-refractivity contribution is 0.0397. The molecule has 0 aliphatic rings. The van der Waals surface area contributed by atoms with Crippen molar-refractivity contribution in [3.05, 3.63) is 42.2 Å². The van der Waals surface area contributed by atoms with Gasteiger partial charge in [-0.1, -0.05) is 17.8 Å². The van der Waals surface area contributed by atoms with Gasteiger partial charge in [0.05, 0.1) is 39.8 Å². The molecule has 3 rings (SSSR count). The number of furan rings is 1. The summed E-state index contributed by atoms with van der Waals surface area (Å²) in [5, 5.41) is 19.2. The van der Waals surface area contributed by atoms with Crippen LogP contribution in [0.2, 0.25) is 0 Å². The predicted molar refractivity (Wildman–Crippen MR) is 105 cm³/mol. The number of aliphatic hydroxyl groups excluding tert-OH is 1. The van der Waals surface area contributed by atoms with Crippen LogP contribution in [0.4, 0.5) is 0 Å². The number of ether oxygens (including phenoxy) is 3. The van der Waals surface area contributed by atoms with Gasteiger partial charge < -0.3 is 28.3 Å². The number of methoxy groups -OCH3 is 2. The molecule has 9 heteroatoms. The first-order valence-electron chi connectivity index (χ1n) is 8.65. The van der Waals surface area contributed by atoms with Crippen molar-refractivity contribution in [1.29, 1.82) is 0 Å². The van der Waals surface area contributed by atoms with Crippen molar-refractivity contribution in [1.82, 2.24) is 14.8 Å². The molecule has 0 radical (unpaired) electrons. The van der Waals surface area contributed by atoms with Gasteiger partial charge in [-0.05, 0) is 29.8 Å². The van der Waals surface area contributed by atoms with Crippen LogP contribution in [0.1, 0.15) is 5.56 Å². The molecule has 1 N–H and O–H groups in total. The number of nitrogens with zero attached hydrogens (tertiary/aromatic N) is 3. The molecular weight excluding hydrogens is 382 g/mol. The molecule has 0 saturated heterocycles. The van der Waals surface area contributed by atoms with Crippen molar-refractivity contribution in [3.63, 3.8) is 0 Å². The Balaban J connectivity index is 1.46. The van der Waals surface area contributed by atoms with E-state index in [-0.39, 0.29) is 6.61 Å². The first-order chi connectivity index (χ1) is 13.6. The van der Waals surface area contributed by atoms with E-state index in [1.54, 1.807) is 26.5 Å². The Kier molecular flexibility index (Phi) is 6.96. The van der Waals surface area contributed by atoms with Gasteiger partial charge in [-0.25, -0.2) is 0 Å². The van der Waals surface area contributed by atoms with Crippen LogP contribution in [-0.4, -0.2) is 52.6 Å². The number of benzene rings is 1. The van der Waals surface area contributed by atoms with Gasteiger partial charge in [0.25, 0.3) is 0 Å². The largest absolute Gasteiger partial charge is 0.493 e. The van der Waals surface area contributed by atoms with E-state index in [1.807, 2.05) is 35.9 Å². The second-order valence-corrected chi connectivity index (χ2v) is 7.00. The number of aromatic nitrogens is 3. The molecule has 0 fully saturated rings. The van der Waals surface area contributed by atoms with Crippen LogP contribution in [0.15, 0.2) is 46.2 Å². The van der Waals surface area contributed by atoms with Crippen LogP contribution >= 0.6 is 11.8 Å². The summed E-state index contributed by atoms with van der Waals surface area (Å²) in [5.41, 5.74) is 0.939. The summed E-state index contributed by atoms with van der Waals surface area (Å²) in [6, 6.07) is 9.22. The molecule has 2 heterocycles. The fourth-order valence-electron chi connectivity index (χ4n) is 2.56. The van der Waals surface area contributed by atoms with Gasteiger partial charge in [0.2, 0.25) is 0 Å². The Bertz CT molecular complexity index is 882. The Hall–Kier alpha value is -2.49. The van der Waals surface area contributed by atoms with Gasteiger partial charge in [-0.15, -0.1) is 10.2 Å². The summed E-state index contributed by atoms with van der Waals surface area (Å²) in [6.07, 6.45) is 0.963. The number of aliphatic hydroxyl groups is 1. The SMILES string of the molecule is COc1ccc(COCC(O)CSc2nnc(-c3ccco3)n2C)cc1OC. The lowest BCUT2D eigenvalue weighted by Crippen LogP contribution is -2.18. The summed E-state index contributed by atoms with van der Waals surface area (Å²) in [4.78, 5) is 0. The maximum atomic E-state index is 10.2. The number of rotatable bonds is 10. The second kappa shape index (κ2) is 9.63. The van der Waals surface area contributed by atoms with E-state index in [0.717, 1.165) is 5.56 Å². The van der Waals surface area contributed by atoms with E-state index in [1.165, 1.54) is 11.8 Å². The summed E-state index contributed by atoms with van der Waals surface area (Å²) < 4.78 is 23.3. The third kappa shape index (κ3) is 4.86. The third-order valence-electron chi connectivity index (χ3n) is 4.01. The molecule has 150 valence electrons. The highest BCUT2D eigenvalue weighted by Gasteiger charge is 2.15. The average molecular weight is 405 g/mol. The van der Waals surface area contributed by atoms with E-state index in [0.29, 0.717) is 40.6 Å². The van der Waals surface area contributed by atoms with Gasteiger partial charge >= 0.3 is 0 Å². The minimum atomic E-state index is -0.631. The number of thioether (sulfide) groups is 1. The maximum absolute atomic E-state index is 10.2. The van der Waals surface area contributed by atoms with Gasteiger partial charge in [0.1, 0.15) is 0 Å². The average Bonchev–Trinajstić information content (AvgIpc) is 3.36. The van der Waals surface area contributed by atoms with Gasteiger partial charge in [-0.2, -0.15) is 0 Å². The highest BCUT2D eigenvalue weighted by atomic mass is 32.2. The fraction of sp³-hybridized carbons (Fsp3) is 0.368. The molecule has 3 aromatic rings. The minimum absolute atomic E-state index is 0.213. The van der Waals surface area contributed by atoms with Gasteiger partial charge in [-0.3, -0.25) is 0 Å². The van der Waals surface area contributed by atoms with Crippen LogP contribution in [0, 0.1) is 0 Å². The molecule has 1 unspecified atom stereocenters. The van der Waals surface area contributed by atoms with E-state index < -0.39 is 6.10 Å². The summed E-state index contributed by atoms with van der Waals surface area (Å²) in [5.74, 6) is 3.05. The molecule has 0 aliphatic carbocycles. The zero-order valence-corrected chi connectivity index (χ0v) is 16.8. The van der Waals surface area contributed by atoms with Gasteiger partial charge in [0.15, 0.2) is 28.2 Å². The smallest absolute Gasteiger partial charge is 0.200 e. The third-order valence-corrected chi connectivity index (χ3v) is 5.17. The van der Waals surface area contributed by atoms with Gasteiger partial charge in [0, 0.05) is 12.8 Å². The standard InChI is InChI=1S/C19H23N3O5S/c1-22-18(16-5-4-8-27-16)20-21-19(22)28-12-14(23)11-26-10-13-6-7-15(24-2)17(9-13)25-3/h4-9,14,23H,10-12H2,1-3H3. The Morgan fingerprint density at radius 2 is 2.00 bits per heavy atom. The van der Waals surface area contributed by atoms with E-state index in [2.05, 4.69) is 10.2 Å². The molecule has 8 nitrogen and oxygen atoms in total. The van der Waals surface area contributed by atoms with Crippen molar-refractivity contribution in [3.8, 4) is 23.1 Å². The normalized spacial score (nSPS) is 12.1. The lowest BCUT2D eigenvalue weighted by atomic mass is 10.2. The molecule has 0 aliphatic heterocycles. The zero-order chi connectivity index (χ0) is 19.9. The predicted octanol–water partition coefficient (Wildman–Crippen LogP) is 2.76. The maximum Gasteiger partial charge on any atom is 0.200 e. The van der Waals surface area contributed by atoms with Crippen LogP contribution in [-0.2, 0) is 18.4 Å². The molecule has 0 saturated carbocycles. The lowest BCUT2D eigenvalue weighted by Gasteiger charge is -2.12. The minimum Gasteiger partial charge on any atom is -0.493 e. The molecule has 2 aromatic heterocycles. The highest BCUT2D eigenvalue weighted by Crippen LogP contribution is 2.28. The molecule has 0 spiro atoms. The molecule has 0 bridgehead atoms. The molecular formula is C19H23N3O5S. The Labute approximate surface area is 167 Å². The number of hydrogen-bond donors (Lipinski definition) is 1. The fourth-order valence-corrected chi connectivity index (χ4v) is 3.38. The van der Waals surface area contributed by atoms with Crippen molar-refractivity contribution >= 4 is 11.8 Å². The van der Waals surface area contributed by atoms with Crippen molar-refractivity contribution in [2.45, 2.75) is 17.9 Å². The number of hydrogen-bond acceptors (Lipinski definition) is 8. The monoisotopic (exact) mass is 405 g/mol. The topological polar surface area (TPSA) is 91.8 Å². The van der Waals surface area contributed by atoms with Crippen molar-refractivity contribution in [2.24, 2.45) is 7.05 Å². The second-order valence-electron chi connectivity index (χ2n) is 6.01. The van der Waals surface area contributed by atoms with Crippen LogP contribution in [0.5, 0.6) is 11.5 Å². The molecule has 28 heavy (non-hydrogen) atoms. The van der Waals surface area contributed by atoms with E-state index >= 15 is 0 Å². The van der Waals surface area contributed by atoms with Crippen LogP contribution in [0.3, 0.4) is 0 Å². The first-order valence-corrected chi connectivity index (χ1v) is 9.63. The quantitative estimate of drug-likeness (QED) is 0.515. The Morgan fingerprint density at radius 3 is 2.71 bits per heavy atom. The van der Waals surface area contributed by atoms with Crippen LogP contribution in [0.25, 0.3) is 11.6 Å². The van der Waals surface area contributed by atoms with E-state index in [9.17, 15) is 5.11 Å². The summed E-state index contributed by atoms with van der Waals surface area (Å²) in [7, 11) is 5.05. The molecule has 0 amide bonds. The Morgan fingerprint density at radius 1 is 1.18 bits per heavy atom. The summed E-state index contributed by atoms with van der Waals surface area (Å²) >= 11 is 1.41. The first kappa shape index (κ1) is 20.2. The highest BCUT2D eigenvalue weighted by molar-refractivity contribution is 7.99. The summed E-state index contributed by atoms with van der Waals surface area (Å²) in [6.45, 7) is 0.582. The van der Waals surface area contributed by atoms with E-state index in [4.69, 9.17) is 18.6 Å². The molecule has 1 atom stereocenters. The molecule has 1 aromatic carbocycles. The zero-order valence-electron chi connectivity index (χ0n) is 16.0.